The van der Waals surface area contributed by atoms with Crippen LogP contribution in [0.2, 0.25) is 0 Å². The van der Waals surface area contributed by atoms with Crippen molar-refractivity contribution in [3.05, 3.63) is 64.2 Å². The molecular formula is C28H36N2O. The van der Waals surface area contributed by atoms with E-state index in [4.69, 9.17) is 0 Å². The number of rotatable bonds is 3. The summed E-state index contributed by atoms with van der Waals surface area (Å²) in [7, 11) is 0. The number of fused-ring (bicyclic) bond motifs is 2. The molecule has 0 N–H and O–H groups in total. The first-order valence-electron chi connectivity index (χ1n) is 12.2. The summed E-state index contributed by atoms with van der Waals surface area (Å²) in [6.45, 7) is 10.7. The van der Waals surface area contributed by atoms with Crippen molar-refractivity contribution < 1.29 is 4.79 Å². The zero-order valence-corrected chi connectivity index (χ0v) is 19.4. The number of benzene rings is 2. The van der Waals surface area contributed by atoms with E-state index in [1.807, 2.05) is 0 Å². The van der Waals surface area contributed by atoms with Crippen molar-refractivity contribution in [1.29, 1.82) is 0 Å². The Bertz CT molecular complexity index is 960. The Balaban J connectivity index is 1.35. The van der Waals surface area contributed by atoms with Gasteiger partial charge in [-0.1, -0.05) is 59.9 Å². The summed E-state index contributed by atoms with van der Waals surface area (Å²) in [5, 5.41) is 0. The van der Waals surface area contributed by atoms with Gasteiger partial charge in [0.2, 0.25) is 5.91 Å². The molecule has 0 atom stereocenters. The van der Waals surface area contributed by atoms with Gasteiger partial charge < -0.3 is 4.90 Å². The molecule has 3 aliphatic rings. The van der Waals surface area contributed by atoms with E-state index < -0.39 is 0 Å². The van der Waals surface area contributed by atoms with Crippen LogP contribution in [0.15, 0.2) is 36.4 Å². The Morgan fingerprint density at radius 1 is 0.935 bits per heavy atom. The fourth-order valence-electron chi connectivity index (χ4n) is 6.36. The highest BCUT2D eigenvalue weighted by Crippen LogP contribution is 2.48. The van der Waals surface area contributed by atoms with Crippen molar-refractivity contribution in [2.24, 2.45) is 5.92 Å². The van der Waals surface area contributed by atoms with Crippen LogP contribution in [-0.4, -0.2) is 30.4 Å². The number of carbonyl (C=O) groups excluding carboxylic acids is 1. The van der Waals surface area contributed by atoms with Gasteiger partial charge in [0.1, 0.15) is 0 Å². The summed E-state index contributed by atoms with van der Waals surface area (Å²) in [5.41, 5.74) is 8.21. The van der Waals surface area contributed by atoms with Crippen molar-refractivity contribution >= 4 is 11.6 Å². The van der Waals surface area contributed by atoms with Crippen LogP contribution in [0.1, 0.15) is 66.3 Å². The van der Waals surface area contributed by atoms with Gasteiger partial charge in [-0.15, -0.1) is 0 Å². The van der Waals surface area contributed by atoms with Crippen LogP contribution in [0.25, 0.3) is 0 Å². The Morgan fingerprint density at radius 3 is 2.29 bits per heavy atom. The highest BCUT2D eigenvalue weighted by Gasteiger charge is 2.47. The first-order chi connectivity index (χ1) is 14.9. The average Bonchev–Trinajstić information content (AvgIpc) is 3.36. The largest absolute Gasteiger partial charge is 0.311 e. The molecule has 2 aliphatic heterocycles. The van der Waals surface area contributed by atoms with Gasteiger partial charge in [0.05, 0.1) is 0 Å². The van der Waals surface area contributed by atoms with E-state index in [9.17, 15) is 4.79 Å². The molecule has 2 aromatic rings. The van der Waals surface area contributed by atoms with Crippen molar-refractivity contribution in [2.45, 2.75) is 71.3 Å². The van der Waals surface area contributed by atoms with E-state index >= 15 is 0 Å². The van der Waals surface area contributed by atoms with Crippen LogP contribution < -0.4 is 4.90 Å². The van der Waals surface area contributed by atoms with Gasteiger partial charge in [0.25, 0.3) is 0 Å². The predicted molar refractivity (Wildman–Crippen MR) is 128 cm³/mol. The summed E-state index contributed by atoms with van der Waals surface area (Å²) < 4.78 is 0. The second-order valence-corrected chi connectivity index (χ2v) is 10.5. The average molecular weight is 417 g/mol. The summed E-state index contributed by atoms with van der Waals surface area (Å²) in [4.78, 5) is 18.2. The van der Waals surface area contributed by atoms with Gasteiger partial charge in [0.15, 0.2) is 0 Å². The SMILES string of the molecule is Cc1cc(C)cc(CN2CCC3(CC2)CN(C(=O)C2CCCC2)c2ccc(C)cc23)c1. The zero-order chi connectivity index (χ0) is 21.6. The standard InChI is InChI=1S/C28H36N2O/c1-20-8-9-26-25(17-20)28(19-30(26)27(31)24-6-4-5-7-24)10-12-29(13-11-28)18-23-15-21(2)14-22(3)16-23/h8-9,14-17,24H,4-7,10-13,18-19H2,1-3H3. The van der Waals surface area contributed by atoms with E-state index in [1.165, 1.54) is 46.3 Å². The van der Waals surface area contributed by atoms with Crippen molar-refractivity contribution in [3.63, 3.8) is 0 Å². The molecule has 31 heavy (non-hydrogen) atoms. The Kier molecular flexibility index (Phi) is 5.42. The van der Waals surface area contributed by atoms with Gasteiger partial charge >= 0.3 is 0 Å². The number of hydrogen-bond donors (Lipinski definition) is 0. The van der Waals surface area contributed by atoms with E-state index in [0.29, 0.717) is 5.91 Å². The van der Waals surface area contributed by atoms with Crippen molar-refractivity contribution in [1.82, 2.24) is 4.90 Å². The Labute approximate surface area is 187 Å². The number of piperidine rings is 1. The number of likely N-dealkylation sites (tertiary alicyclic amines) is 1. The second kappa shape index (κ2) is 8.09. The van der Waals surface area contributed by atoms with Crippen molar-refractivity contribution in [2.75, 3.05) is 24.5 Å². The van der Waals surface area contributed by atoms with Gasteiger partial charge in [-0.25, -0.2) is 0 Å². The first-order valence-corrected chi connectivity index (χ1v) is 12.2. The summed E-state index contributed by atoms with van der Waals surface area (Å²) in [6, 6.07) is 13.7. The first kappa shape index (κ1) is 20.8. The molecule has 1 aliphatic carbocycles. The van der Waals surface area contributed by atoms with Gasteiger partial charge in [-0.2, -0.15) is 0 Å². The maximum atomic E-state index is 13.4. The summed E-state index contributed by atoms with van der Waals surface area (Å²) in [6.07, 6.45) is 6.86. The predicted octanol–water partition coefficient (Wildman–Crippen LogP) is 5.68. The maximum absolute atomic E-state index is 13.4. The molecular weight excluding hydrogens is 380 g/mol. The van der Waals surface area contributed by atoms with Gasteiger partial charge in [-0.05, 0) is 76.7 Å². The smallest absolute Gasteiger partial charge is 0.230 e. The molecule has 0 unspecified atom stereocenters. The minimum absolute atomic E-state index is 0.134. The summed E-state index contributed by atoms with van der Waals surface area (Å²) in [5.74, 6) is 0.631. The number of amides is 1. The molecule has 0 radical (unpaired) electrons. The number of carbonyl (C=O) groups is 1. The lowest BCUT2D eigenvalue weighted by Gasteiger charge is -2.40. The van der Waals surface area contributed by atoms with E-state index in [0.717, 1.165) is 51.9 Å². The van der Waals surface area contributed by atoms with Crippen LogP contribution >= 0.6 is 0 Å². The fourth-order valence-corrected chi connectivity index (χ4v) is 6.36. The second-order valence-electron chi connectivity index (χ2n) is 10.5. The van der Waals surface area contributed by atoms with Crippen LogP contribution in [0.5, 0.6) is 0 Å². The summed E-state index contributed by atoms with van der Waals surface area (Å²) >= 11 is 0. The third-order valence-corrected chi connectivity index (χ3v) is 7.95. The van der Waals surface area contributed by atoms with Crippen LogP contribution in [0, 0.1) is 26.7 Å². The van der Waals surface area contributed by atoms with Gasteiger partial charge in [-0.3, -0.25) is 9.69 Å². The highest BCUT2D eigenvalue weighted by atomic mass is 16.2. The number of aryl methyl sites for hydroxylation is 3. The molecule has 164 valence electrons. The Morgan fingerprint density at radius 2 is 1.61 bits per heavy atom. The van der Waals surface area contributed by atoms with Crippen LogP contribution in [0.3, 0.4) is 0 Å². The van der Waals surface area contributed by atoms with E-state index in [1.54, 1.807) is 0 Å². The molecule has 1 amide bonds. The molecule has 0 aromatic heterocycles. The maximum Gasteiger partial charge on any atom is 0.230 e. The van der Waals surface area contributed by atoms with E-state index in [2.05, 4.69) is 67.0 Å². The molecule has 2 heterocycles. The molecule has 2 fully saturated rings. The molecule has 1 saturated carbocycles. The minimum atomic E-state index is 0.134. The van der Waals surface area contributed by atoms with Crippen LogP contribution in [0.4, 0.5) is 5.69 Å². The van der Waals surface area contributed by atoms with E-state index in [-0.39, 0.29) is 11.3 Å². The third kappa shape index (κ3) is 3.93. The molecule has 2 aromatic carbocycles. The normalized spacial score (nSPS) is 21.1. The lowest BCUT2D eigenvalue weighted by Crippen LogP contribution is -2.46. The molecule has 1 spiro atoms. The lowest BCUT2D eigenvalue weighted by atomic mass is 9.74. The highest BCUT2D eigenvalue weighted by molar-refractivity contribution is 5.98. The molecule has 3 nitrogen and oxygen atoms in total. The Hall–Kier alpha value is -2.13. The fraction of sp³-hybridized carbons (Fsp3) is 0.536. The molecule has 5 rings (SSSR count). The monoisotopic (exact) mass is 416 g/mol. The number of anilines is 1. The number of hydrogen-bond acceptors (Lipinski definition) is 2. The molecule has 3 heteroatoms. The molecule has 0 bridgehead atoms. The third-order valence-electron chi connectivity index (χ3n) is 7.95. The lowest BCUT2D eigenvalue weighted by molar-refractivity contribution is -0.122. The minimum Gasteiger partial charge on any atom is -0.311 e. The zero-order valence-electron chi connectivity index (χ0n) is 19.4. The van der Waals surface area contributed by atoms with Crippen LogP contribution in [-0.2, 0) is 16.8 Å². The number of nitrogens with zero attached hydrogens (tertiary/aromatic N) is 2. The quantitative estimate of drug-likeness (QED) is 0.642. The topological polar surface area (TPSA) is 23.6 Å². The molecule has 1 saturated heterocycles. The van der Waals surface area contributed by atoms with Gasteiger partial charge in [0, 0.05) is 30.1 Å². The van der Waals surface area contributed by atoms with Crippen molar-refractivity contribution in [3.8, 4) is 0 Å².